The van der Waals surface area contributed by atoms with Crippen LogP contribution in [0, 0.1) is 0 Å². The zero-order chi connectivity index (χ0) is 9.26. The molecule has 0 radical (unpaired) electrons. The Labute approximate surface area is 78.1 Å². The first-order chi connectivity index (χ1) is 6.33. The fourth-order valence-corrected chi connectivity index (χ4v) is 1.80. The molecule has 2 rings (SSSR count). The molecule has 1 heterocycles. The van der Waals surface area contributed by atoms with Crippen LogP contribution in [0.5, 0.6) is 0 Å². The van der Waals surface area contributed by atoms with Crippen molar-refractivity contribution in [2.24, 2.45) is 5.73 Å². The molecular formula is C11H13NO. The number of rotatable bonds is 0. The van der Waals surface area contributed by atoms with Crippen molar-refractivity contribution in [1.82, 2.24) is 0 Å². The average molecular weight is 175 g/mol. The number of hydrogen-bond donors (Lipinski definition) is 1. The summed E-state index contributed by atoms with van der Waals surface area (Å²) < 4.78 is 5.32. The summed E-state index contributed by atoms with van der Waals surface area (Å²) in [4.78, 5) is 0. The van der Waals surface area contributed by atoms with E-state index in [1.165, 1.54) is 11.1 Å². The summed E-state index contributed by atoms with van der Waals surface area (Å²) in [7, 11) is 0. The lowest BCUT2D eigenvalue weighted by Crippen LogP contribution is -1.91. The van der Waals surface area contributed by atoms with E-state index in [-0.39, 0.29) is 0 Å². The third-order valence-corrected chi connectivity index (χ3v) is 2.48. The second-order valence-electron chi connectivity index (χ2n) is 3.21. The van der Waals surface area contributed by atoms with Crippen LogP contribution in [-0.4, -0.2) is 6.61 Å². The Morgan fingerprint density at radius 2 is 2.31 bits per heavy atom. The summed E-state index contributed by atoms with van der Waals surface area (Å²) in [6.07, 6.45) is 7.74. The molecule has 0 saturated carbocycles. The monoisotopic (exact) mass is 175 g/mol. The highest BCUT2D eigenvalue weighted by Crippen LogP contribution is 2.34. The van der Waals surface area contributed by atoms with Gasteiger partial charge in [-0.3, -0.25) is 0 Å². The van der Waals surface area contributed by atoms with Gasteiger partial charge in [0.1, 0.15) is 5.76 Å². The molecule has 1 saturated heterocycles. The van der Waals surface area contributed by atoms with Gasteiger partial charge in [-0.15, -0.1) is 0 Å². The van der Waals surface area contributed by atoms with E-state index in [4.69, 9.17) is 10.5 Å². The maximum Gasteiger partial charge on any atom is 0.115 e. The molecule has 1 fully saturated rings. The standard InChI is InChI=1S/C11H13NO/c1-8-10(5-6-13-8)11-4-2-3-9(11)7-12/h2-3,7H,1,4-6,12H2/b9-7-,11-10-. The molecule has 0 unspecified atom stereocenters. The molecule has 2 aliphatic rings. The summed E-state index contributed by atoms with van der Waals surface area (Å²) >= 11 is 0. The van der Waals surface area contributed by atoms with Crippen LogP contribution in [0.2, 0.25) is 0 Å². The fraction of sp³-hybridized carbons (Fsp3) is 0.273. The maximum absolute atomic E-state index is 5.52. The zero-order valence-electron chi connectivity index (χ0n) is 7.55. The minimum Gasteiger partial charge on any atom is -0.494 e. The molecule has 0 aromatic carbocycles. The van der Waals surface area contributed by atoms with Gasteiger partial charge in [0.15, 0.2) is 0 Å². The lowest BCUT2D eigenvalue weighted by molar-refractivity contribution is 0.267. The second kappa shape index (κ2) is 3.13. The third-order valence-electron chi connectivity index (χ3n) is 2.48. The van der Waals surface area contributed by atoms with Crippen molar-refractivity contribution in [2.75, 3.05) is 6.61 Å². The number of hydrogen-bond acceptors (Lipinski definition) is 2. The van der Waals surface area contributed by atoms with Crippen molar-refractivity contribution < 1.29 is 4.74 Å². The van der Waals surface area contributed by atoms with E-state index in [0.717, 1.165) is 30.8 Å². The smallest absolute Gasteiger partial charge is 0.115 e. The van der Waals surface area contributed by atoms with Gasteiger partial charge in [-0.1, -0.05) is 18.7 Å². The largest absolute Gasteiger partial charge is 0.494 e. The van der Waals surface area contributed by atoms with E-state index in [1.54, 1.807) is 6.20 Å². The van der Waals surface area contributed by atoms with Gasteiger partial charge in [0, 0.05) is 18.2 Å². The van der Waals surface area contributed by atoms with E-state index < -0.39 is 0 Å². The second-order valence-corrected chi connectivity index (χ2v) is 3.21. The summed E-state index contributed by atoms with van der Waals surface area (Å²) in [6.45, 7) is 4.63. The fourth-order valence-electron chi connectivity index (χ4n) is 1.80. The number of allylic oxidation sites excluding steroid dienone is 5. The predicted molar refractivity (Wildman–Crippen MR) is 52.8 cm³/mol. The van der Waals surface area contributed by atoms with Crippen LogP contribution >= 0.6 is 0 Å². The Morgan fingerprint density at radius 3 is 2.92 bits per heavy atom. The molecule has 2 N–H and O–H groups in total. The Hall–Kier alpha value is -1.44. The molecule has 1 aliphatic carbocycles. The quantitative estimate of drug-likeness (QED) is 0.611. The highest BCUT2D eigenvalue weighted by Gasteiger charge is 2.20. The van der Waals surface area contributed by atoms with Gasteiger partial charge >= 0.3 is 0 Å². The molecule has 0 spiro atoms. The minimum absolute atomic E-state index is 0.759. The molecular weight excluding hydrogens is 162 g/mol. The first-order valence-electron chi connectivity index (χ1n) is 4.46. The normalized spacial score (nSPS) is 30.2. The van der Waals surface area contributed by atoms with Crippen LogP contribution < -0.4 is 5.73 Å². The van der Waals surface area contributed by atoms with Crippen molar-refractivity contribution in [3.63, 3.8) is 0 Å². The van der Waals surface area contributed by atoms with Crippen LogP contribution in [-0.2, 0) is 4.74 Å². The lowest BCUT2D eigenvalue weighted by Gasteiger charge is -2.04. The van der Waals surface area contributed by atoms with Crippen LogP contribution in [0.3, 0.4) is 0 Å². The van der Waals surface area contributed by atoms with Gasteiger partial charge in [0.05, 0.1) is 6.61 Å². The van der Waals surface area contributed by atoms with Crippen molar-refractivity contribution >= 4 is 0 Å². The molecule has 0 aromatic rings. The molecule has 0 bridgehead atoms. The first kappa shape index (κ1) is 8.17. The summed E-state index contributed by atoms with van der Waals surface area (Å²) in [5.74, 6) is 0.818. The molecule has 68 valence electrons. The maximum atomic E-state index is 5.52. The Balaban J connectivity index is 2.39. The highest BCUT2D eigenvalue weighted by molar-refractivity contribution is 5.52. The van der Waals surface area contributed by atoms with E-state index in [0.29, 0.717) is 0 Å². The van der Waals surface area contributed by atoms with E-state index in [1.807, 2.05) is 6.08 Å². The van der Waals surface area contributed by atoms with Gasteiger partial charge in [-0.05, 0) is 17.6 Å². The van der Waals surface area contributed by atoms with Crippen molar-refractivity contribution in [3.05, 3.63) is 47.4 Å². The Morgan fingerprint density at radius 1 is 1.46 bits per heavy atom. The minimum atomic E-state index is 0.759. The van der Waals surface area contributed by atoms with Crippen molar-refractivity contribution in [3.8, 4) is 0 Å². The van der Waals surface area contributed by atoms with Crippen LogP contribution in [0.25, 0.3) is 0 Å². The molecule has 2 heteroatoms. The van der Waals surface area contributed by atoms with Crippen molar-refractivity contribution in [2.45, 2.75) is 12.8 Å². The topological polar surface area (TPSA) is 35.2 Å². The molecule has 13 heavy (non-hydrogen) atoms. The first-order valence-corrected chi connectivity index (χ1v) is 4.46. The Kier molecular flexibility index (Phi) is 1.97. The average Bonchev–Trinajstić information content (AvgIpc) is 2.71. The third kappa shape index (κ3) is 1.28. The molecule has 0 amide bonds. The number of nitrogens with two attached hydrogens (primary N) is 1. The van der Waals surface area contributed by atoms with Gasteiger partial charge < -0.3 is 10.5 Å². The van der Waals surface area contributed by atoms with Crippen LogP contribution in [0.4, 0.5) is 0 Å². The van der Waals surface area contributed by atoms with E-state index in [9.17, 15) is 0 Å². The van der Waals surface area contributed by atoms with Crippen molar-refractivity contribution in [1.29, 1.82) is 0 Å². The number of ether oxygens (including phenoxy) is 1. The lowest BCUT2D eigenvalue weighted by atomic mass is 10.0. The van der Waals surface area contributed by atoms with Gasteiger partial charge in [0.2, 0.25) is 0 Å². The summed E-state index contributed by atoms with van der Waals surface area (Å²) in [6, 6.07) is 0. The SMILES string of the molecule is C=C1OCC/C1=C1\CC=C\C1=C\N. The molecule has 0 aromatic heterocycles. The Bertz CT molecular complexity index is 334. The van der Waals surface area contributed by atoms with E-state index >= 15 is 0 Å². The zero-order valence-corrected chi connectivity index (χ0v) is 7.55. The van der Waals surface area contributed by atoms with Gasteiger partial charge in [0.25, 0.3) is 0 Å². The summed E-state index contributed by atoms with van der Waals surface area (Å²) in [5.41, 5.74) is 9.15. The van der Waals surface area contributed by atoms with Crippen LogP contribution in [0.1, 0.15) is 12.8 Å². The van der Waals surface area contributed by atoms with E-state index in [2.05, 4.69) is 12.7 Å². The summed E-state index contributed by atoms with van der Waals surface area (Å²) in [5, 5.41) is 0. The molecule has 2 nitrogen and oxygen atoms in total. The molecule has 1 aliphatic heterocycles. The van der Waals surface area contributed by atoms with Gasteiger partial charge in [-0.25, -0.2) is 0 Å². The van der Waals surface area contributed by atoms with Crippen LogP contribution in [0.15, 0.2) is 47.4 Å². The van der Waals surface area contributed by atoms with Gasteiger partial charge in [-0.2, -0.15) is 0 Å². The highest BCUT2D eigenvalue weighted by atomic mass is 16.5. The molecule has 0 atom stereocenters. The predicted octanol–water partition coefficient (Wildman–Crippen LogP) is 2.02.